The van der Waals surface area contributed by atoms with Crippen molar-refractivity contribution in [3.63, 3.8) is 0 Å². The van der Waals surface area contributed by atoms with E-state index in [1.165, 1.54) is 0 Å². The molecule has 0 atom stereocenters. The van der Waals surface area contributed by atoms with Gasteiger partial charge in [0.25, 0.3) is 0 Å². The van der Waals surface area contributed by atoms with E-state index in [1.54, 1.807) is 0 Å². The molecule has 1 aromatic rings. The van der Waals surface area contributed by atoms with Gasteiger partial charge >= 0.3 is 0 Å². The van der Waals surface area contributed by atoms with Crippen LogP contribution in [0.4, 0.5) is 0 Å². The van der Waals surface area contributed by atoms with Crippen molar-refractivity contribution in [2.45, 2.75) is 105 Å². The van der Waals surface area contributed by atoms with Crippen molar-refractivity contribution in [3.05, 3.63) is 17.7 Å². The summed E-state index contributed by atoms with van der Waals surface area (Å²) in [5, 5.41) is 3.48. The van der Waals surface area contributed by atoms with Gasteiger partial charge in [0.2, 0.25) is 0 Å². The van der Waals surface area contributed by atoms with Gasteiger partial charge in [-0.3, -0.25) is 0 Å². The quantitative estimate of drug-likeness (QED) is 0.654. The molecule has 0 aromatic heterocycles. The third kappa shape index (κ3) is 9.90. The zero-order valence-corrected chi connectivity index (χ0v) is 19.4. The van der Waals surface area contributed by atoms with Crippen LogP contribution in [0.25, 0.3) is 0 Å². The van der Waals surface area contributed by atoms with Crippen LogP contribution >= 0.6 is 0 Å². The lowest BCUT2D eigenvalue weighted by molar-refractivity contribution is 0.0926. The van der Waals surface area contributed by atoms with E-state index in [2.05, 4.69) is 46.0 Å². The highest BCUT2D eigenvalue weighted by Gasteiger charge is 2.24. The molecular weight excluding hydrogens is 338 g/mol. The Labute approximate surface area is 167 Å². The van der Waals surface area contributed by atoms with Gasteiger partial charge in [0.1, 0.15) is 22.6 Å². The van der Waals surface area contributed by atoms with E-state index in [-0.39, 0.29) is 16.8 Å². The Morgan fingerprint density at radius 3 is 1.52 bits per heavy atom. The third-order valence-electron chi connectivity index (χ3n) is 3.32. The Bertz CT molecular complexity index is 602. The van der Waals surface area contributed by atoms with E-state index in [0.717, 1.165) is 35.8 Å². The minimum absolute atomic E-state index is 0.286. The van der Waals surface area contributed by atoms with Crippen LogP contribution < -0.4 is 19.5 Å². The molecule has 27 heavy (non-hydrogen) atoms. The average Bonchev–Trinajstić information content (AvgIpc) is 2.37. The molecule has 1 aromatic carbocycles. The molecule has 0 aliphatic heterocycles. The Balaban J connectivity index is 3.36. The third-order valence-corrected chi connectivity index (χ3v) is 3.32. The van der Waals surface area contributed by atoms with Crippen molar-refractivity contribution in [1.29, 1.82) is 0 Å². The summed E-state index contributed by atoms with van der Waals surface area (Å²) in [5.41, 5.74) is 0.204. The smallest absolute Gasteiger partial charge is 0.165 e. The molecule has 0 aliphatic carbocycles. The van der Waals surface area contributed by atoms with E-state index >= 15 is 0 Å². The lowest BCUT2D eigenvalue weighted by Gasteiger charge is -2.30. The van der Waals surface area contributed by atoms with Gasteiger partial charge in [0, 0.05) is 12.1 Å². The van der Waals surface area contributed by atoms with Gasteiger partial charge < -0.3 is 19.5 Å². The number of ether oxygens (including phenoxy) is 3. The molecule has 156 valence electrons. The van der Waals surface area contributed by atoms with Crippen LogP contribution in [-0.2, 0) is 6.42 Å². The molecule has 4 nitrogen and oxygen atoms in total. The second-order valence-corrected chi connectivity index (χ2v) is 10.4. The first-order valence-corrected chi connectivity index (χ1v) is 10.0. The SMILES string of the molecule is CC(C)NCCc1cc(OC(C)(C)C)c(OC(C)(C)C)cc1OC(C)(C)C. The molecule has 0 heterocycles. The maximum absolute atomic E-state index is 6.27. The highest BCUT2D eigenvalue weighted by Crippen LogP contribution is 2.40. The molecule has 0 saturated carbocycles. The fourth-order valence-corrected chi connectivity index (χ4v) is 2.52. The van der Waals surface area contributed by atoms with Gasteiger partial charge in [-0.15, -0.1) is 0 Å². The van der Waals surface area contributed by atoms with Crippen molar-refractivity contribution < 1.29 is 14.2 Å². The second kappa shape index (κ2) is 8.72. The van der Waals surface area contributed by atoms with E-state index in [0.29, 0.717) is 6.04 Å². The largest absolute Gasteiger partial charge is 0.488 e. The molecule has 0 spiro atoms. The summed E-state index contributed by atoms with van der Waals surface area (Å²) in [6.07, 6.45) is 0.861. The van der Waals surface area contributed by atoms with E-state index < -0.39 is 0 Å². The van der Waals surface area contributed by atoms with Gasteiger partial charge in [0.05, 0.1) is 0 Å². The van der Waals surface area contributed by atoms with Crippen LogP contribution in [-0.4, -0.2) is 29.4 Å². The summed E-state index contributed by atoms with van der Waals surface area (Å²) >= 11 is 0. The molecule has 1 rings (SSSR count). The topological polar surface area (TPSA) is 39.7 Å². The number of hydrogen-bond donors (Lipinski definition) is 1. The maximum atomic E-state index is 6.27. The highest BCUT2D eigenvalue weighted by atomic mass is 16.5. The monoisotopic (exact) mass is 379 g/mol. The van der Waals surface area contributed by atoms with Gasteiger partial charge in [0.15, 0.2) is 11.5 Å². The standard InChI is InChI=1S/C23H41NO3/c1-16(2)24-13-12-17-14-19(26-22(6,7)8)20(27-23(9,10)11)15-18(17)25-21(3,4)5/h14-16,24H,12-13H2,1-11H3. The highest BCUT2D eigenvalue weighted by molar-refractivity contribution is 5.51. The molecule has 0 unspecified atom stereocenters. The number of hydrogen-bond acceptors (Lipinski definition) is 4. The Morgan fingerprint density at radius 1 is 0.704 bits per heavy atom. The molecule has 0 bridgehead atoms. The Hall–Kier alpha value is -1.42. The lowest BCUT2D eigenvalue weighted by Crippen LogP contribution is -2.28. The molecule has 0 aliphatic rings. The summed E-state index contributed by atoms with van der Waals surface area (Å²) < 4.78 is 18.7. The van der Waals surface area contributed by atoms with Crippen LogP contribution in [0.3, 0.4) is 0 Å². The second-order valence-electron chi connectivity index (χ2n) is 10.4. The van der Waals surface area contributed by atoms with Gasteiger partial charge in [-0.2, -0.15) is 0 Å². The lowest BCUT2D eigenvalue weighted by atomic mass is 10.1. The Kier molecular flexibility index (Phi) is 7.63. The van der Waals surface area contributed by atoms with Crippen molar-refractivity contribution in [3.8, 4) is 17.2 Å². The zero-order chi connectivity index (χ0) is 21.0. The molecule has 0 fully saturated rings. The summed E-state index contributed by atoms with van der Waals surface area (Å²) in [4.78, 5) is 0. The maximum Gasteiger partial charge on any atom is 0.165 e. The fraction of sp³-hybridized carbons (Fsp3) is 0.739. The molecule has 0 amide bonds. The number of nitrogens with one attached hydrogen (secondary N) is 1. The predicted octanol–water partition coefficient (Wildman–Crippen LogP) is 5.76. The average molecular weight is 380 g/mol. The molecule has 1 N–H and O–H groups in total. The summed E-state index contributed by atoms with van der Waals surface area (Å²) in [6.45, 7) is 23.6. The number of rotatable bonds is 7. The van der Waals surface area contributed by atoms with Crippen molar-refractivity contribution in [2.75, 3.05) is 6.54 Å². The molecule has 0 radical (unpaired) electrons. The first kappa shape index (κ1) is 23.6. The van der Waals surface area contributed by atoms with Crippen molar-refractivity contribution >= 4 is 0 Å². The van der Waals surface area contributed by atoms with Gasteiger partial charge in [-0.1, -0.05) is 13.8 Å². The van der Waals surface area contributed by atoms with E-state index in [4.69, 9.17) is 14.2 Å². The van der Waals surface area contributed by atoms with Gasteiger partial charge in [-0.25, -0.2) is 0 Å². The van der Waals surface area contributed by atoms with Crippen LogP contribution in [0.2, 0.25) is 0 Å². The van der Waals surface area contributed by atoms with E-state index in [9.17, 15) is 0 Å². The number of benzene rings is 1. The minimum Gasteiger partial charge on any atom is -0.488 e. The zero-order valence-electron chi connectivity index (χ0n) is 19.4. The Morgan fingerprint density at radius 2 is 1.11 bits per heavy atom. The summed E-state index contributed by atoms with van der Waals surface area (Å²) in [5.74, 6) is 2.34. The van der Waals surface area contributed by atoms with Crippen LogP contribution in [0.15, 0.2) is 12.1 Å². The van der Waals surface area contributed by atoms with Crippen molar-refractivity contribution in [2.24, 2.45) is 0 Å². The van der Waals surface area contributed by atoms with Gasteiger partial charge in [-0.05, 0) is 86.9 Å². The van der Waals surface area contributed by atoms with Crippen LogP contribution in [0.1, 0.15) is 81.7 Å². The van der Waals surface area contributed by atoms with E-state index in [1.807, 2.05) is 47.6 Å². The van der Waals surface area contributed by atoms with Crippen molar-refractivity contribution in [1.82, 2.24) is 5.32 Å². The normalized spacial score (nSPS) is 13.0. The fourth-order valence-electron chi connectivity index (χ4n) is 2.52. The first-order valence-electron chi connectivity index (χ1n) is 10.0. The predicted molar refractivity (Wildman–Crippen MR) is 114 cm³/mol. The summed E-state index contributed by atoms with van der Waals surface area (Å²) in [7, 11) is 0. The molecule has 4 heteroatoms. The summed E-state index contributed by atoms with van der Waals surface area (Å²) in [6, 6.07) is 4.52. The van der Waals surface area contributed by atoms with Crippen LogP contribution in [0.5, 0.6) is 17.2 Å². The molecule has 0 saturated heterocycles. The molecular formula is C23H41NO3. The van der Waals surface area contributed by atoms with Crippen LogP contribution in [0, 0.1) is 0 Å². The first-order chi connectivity index (χ1) is 12.1. The minimum atomic E-state index is -0.324.